The highest BCUT2D eigenvalue weighted by atomic mass is 19.4. The average Bonchev–Trinajstić information content (AvgIpc) is 3.49. The molecule has 5 rings (SSSR count). The standard InChI is InChI=1S/C25H25F3N6/c1-15(2)17-7-6-16-4-3-5-19(20(16)10-17)12-34-13-22(30-14-34)21-11-18(8-9-29-21)23-24(25(26,27)28)32-33-31-23/h6-11,13-15,19H,3-5,12H2,1-2H3,(H,31,32,33)/t19-/m0/s1. The van der Waals surface area contributed by atoms with Crippen molar-refractivity contribution < 1.29 is 13.2 Å². The molecule has 0 amide bonds. The van der Waals surface area contributed by atoms with E-state index in [1.54, 1.807) is 12.4 Å². The summed E-state index contributed by atoms with van der Waals surface area (Å²) in [7, 11) is 0. The summed E-state index contributed by atoms with van der Waals surface area (Å²) in [4.78, 5) is 8.80. The number of hydrogen-bond acceptors (Lipinski definition) is 4. The molecule has 0 saturated carbocycles. The van der Waals surface area contributed by atoms with Gasteiger partial charge in [0.05, 0.1) is 12.0 Å². The first-order valence-corrected chi connectivity index (χ1v) is 11.4. The first-order valence-electron chi connectivity index (χ1n) is 11.4. The Hall–Kier alpha value is -3.49. The summed E-state index contributed by atoms with van der Waals surface area (Å²) in [5.41, 5.74) is 4.25. The van der Waals surface area contributed by atoms with Crippen LogP contribution < -0.4 is 0 Å². The normalized spacial score (nSPS) is 16.1. The Morgan fingerprint density at radius 2 is 1.94 bits per heavy atom. The van der Waals surface area contributed by atoms with Crippen LogP contribution in [0, 0.1) is 0 Å². The predicted molar refractivity (Wildman–Crippen MR) is 122 cm³/mol. The molecule has 1 atom stereocenters. The van der Waals surface area contributed by atoms with E-state index in [1.807, 2.05) is 10.8 Å². The predicted octanol–water partition coefficient (Wildman–Crippen LogP) is 5.99. The van der Waals surface area contributed by atoms with E-state index in [0.717, 1.165) is 25.8 Å². The molecule has 0 bridgehead atoms. The fourth-order valence-electron chi connectivity index (χ4n) is 4.66. The third kappa shape index (κ3) is 4.34. The van der Waals surface area contributed by atoms with Crippen LogP contribution in [-0.2, 0) is 19.1 Å². The summed E-state index contributed by atoms with van der Waals surface area (Å²) < 4.78 is 41.8. The fraction of sp³-hybridized carbons (Fsp3) is 0.360. The highest BCUT2D eigenvalue weighted by Crippen LogP contribution is 2.36. The number of nitrogens with one attached hydrogen (secondary N) is 1. The van der Waals surface area contributed by atoms with Gasteiger partial charge in [-0.05, 0) is 54.0 Å². The minimum atomic E-state index is -4.60. The second-order valence-corrected chi connectivity index (χ2v) is 9.11. The molecule has 1 aliphatic carbocycles. The highest BCUT2D eigenvalue weighted by Gasteiger charge is 2.38. The van der Waals surface area contributed by atoms with Gasteiger partial charge in [-0.25, -0.2) is 4.98 Å². The SMILES string of the molecule is CC(C)c1ccc2c(c1)[C@H](Cn1cnc(-c3cc(-c4n[nH]nc4C(F)(F)F)ccn3)c1)CCC2. The van der Waals surface area contributed by atoms with E-state index >= 15 is 0 Å². The fourth-order valence-corrected chi connectivity index (χ4v) is 4.66. The number of alkyl halides is 3. The molecule has 6 nitrogen and oxygen atoms in total. The molecule has 1 N–H and O–H groups in total. The number of aromatic nitrogens is 6. The number of halogens is 3. The molecular formula is C25H25F3N6. The third-order valence-corrected chi connectivity index (χ3v) is 6.45. The maximum Gasteiger partial charge on any atom is 0.437 e. The molecule has 1 aromatic carbocycles. The van der Waals surface area contributed by atoms with Gasteiger partial charge in [-0.1, -0.05) is 32.0 Å². The van der Waals surface area contributed by atoms with Gasteiger partial charge in [0.1, 0.15) is 11.4 Å². The molecule has 0 saturated heterocycles. The number of H-pyrrole nitrogens is 1. The Morgan fingerprint density at radius 3 is 2.74 bits per heavy atom. The molecule has 0 fully saturated rings. The lowest BCUT2D eigenvalue weighted by molar-refractivity contribution is -0.140. The number of fused-ring (bicyclic) bond motifs is 1. The smallest absolute Gasteiger partial charge is 0.336 e. The maximum absolute atomic E-state index is 13.2. The number of rotatable bonds is 5. The van der Waals surface area contributed by atoms with Crippen molar-refractivity contribution in [2.24, 2.45) is 0 Å². The lowest BCUT2D eigenvalue weighted by atomic mass is 9.81. The van der Waals surface area contributed by atoms with Crippen LogP contribution in [0.5, 0.6) is 0 Å². The maximum atomic E-state index is 13.2. The zero-order valence-corrected chi connectivity index (χ0v) is 19.0. The zero-order chi connectivity index (χ0) is 23.9. The van der Waals surface area contributed by atoms with E-state index in [9.17, 15) is 13.2 Å². The van der Waals surface area contributed by atoms with Gasteiger partial charge in [-0.2, -0.15) is 28.6 Å². The van der Waals surface area contributed by atoms with E-state index in [2.05, 4.69) is 57.4 Å². The van der Waals surface area contributed by atoms with E-state index < -0.39 is 11.9 Å². The number of benzene rings is 1. The number of hydrogen-bond donors (Lipinski definition) is 1. The van der Waals surface area contributed by atoms with E-state index in [1.165, 1.54) is 29.0 Å². The van der Waals surface area contributed by atoms with Crippen LogP contribution in [-0.4, -0.2) is 29.9 Å². The van der Waals surface area contributed by atoms with Gasteiger partial charge in [-0.3, -0.25) is 4.98 Å². The summed E-state index contributed by atoms with van der Waals surface area (Å²) in [5, 5.41) is 9.04. The Labute approximate surface area is 195 Å². The van der Waals surface area contributed by atoms with Crippen LogP contribution in [0.1, 0.15) is 60.9 Å². The van der Waals surface area contributed by atoms with E-state index in [-0.39, 0.29) is 11.3 Å². The molecule has 3 heterocycles. The largest absolute Gasteiger partial charge is 0.437 e. The van der Waals surface area contributed by atoms with Crippen molar-refractivity contribution in [1.82, 2.24) is 29.9 Å². The Kier molecular flexibility index (Phi) is 5.71. The van der Waals surface area contributed by atoms with Gasteiger partial charge in [-0.15, -0.1) is 0 Å². The second kappa shape index (κ2) is 8.70. The van der Waals surface area contributed by atoms with Crippen molar-refractivity contribution in [3.8, 4) is 22.6 Å². The summed E-state index contributed by atoms with van der Waals surface area (Å²) in [5.74, 6) is 0.877. The first kappa shape index (κ1) is 22.3. The molecule has 3 aromatic heterocycles. The monoisotopic (exact) mass is 466 g/mol. The van der Waals surface area contributed by atoms with Crippen molar-refractivity contribution in [2.45, 2.75) is 57.7 Å². The molecule has 1 aliphatic rings. The van der Waals surface area contributed by atoms with Crippen LogP contribution >= 0.6 is 0 Å². The van der Waals surface area contributed by atoms with Gasteiger partial charge in [0.25, 0.3) is 0 Å². The average molecular weight is 467 g/mol. The summed E-state index contributed by atoms with van der Waals surface area (Å²) >= 11 is 0. The Balaban J connectivity index is 1.40. The minimum absolute atomic E-state index is 0.254. The van der Waals surface area contributed by atoms with Gasteiger partial charge < -0.3 is 4.57 Å². The van der Waals surface area contributed by atoms with Crippen LogP contribution in [0.25, 0.3) is 22.6 Å². The molecule has 4 aromatic rings. The number of aryl methyl sites for hydroxylation is 1. The van der Waals surface area contributed by atoms with Crippen molar-refractivity contribution in [2.75, 3.05) is 0 Å². The molecular weight excluding hydrogens is 441 g/mol. The molecule has 9 heteroatoms. The van der Waals surface area contributed by atoms with Crippen molar-refractivity contribution in [1.29, 1.82) is 0 Å². The van der Waals surface area contributed by atoms with Gasteiger partial charge in [0, 0.05) is 30.4 Å². The quantitative estimate of drug-likeness (QED) is 0.392. The molecule has 0 aliphatic heterocycles. The van der Waals surface area contributed by atoms with Gasteiger partial charge >= 0.3 is 6.18 Å². The minimum Gasteiger partial charge on any atom is -0.336 e. The summed E-state index contributed by atoms with van der Waals surface area (Å²) in [6.45, 7) is 5.21. The number of imidazole rings is 1. The molecule has 0 radical (unpaired) electrons. The first-order chi connectivity index (χ1) is 16.3. The lowest BCUT2D eigenvalue weighted by Crippen LogP contribution is -2.15. The molecule has 0 unspecified atom stereocenters. The Morgan fingerprint density at radius 1 is 1.09 bits per heavy atom. The van der Waals surface area contributed by atoms with Crippen LogP contribution in [0.3, 0.4) is 0 Å². The van der Waals surface area contributed by atoms with Crippen molar-refractivity contribution >= 4 is 0 Å². The zero-order valence-electron chi connectivity index (χ0n) is 19.0. The van der Waals surface area contributed by atoms with E-state index in [0.29, 0.717) is 23.2 Å². The molecule has 0 spiro atoms. The number of aromatic amines is 1. The second-order valence-electron chi connectivity index (χ2n) is 9.11. The number of pyridine rings is 1. The lowest BCUT2D eigenvalue weighted by Gasteiger charge is -2.27. The van der Waals surface area contributed by atoms with Crippen LogP contribution in [0.4, 0.5) is 13.2 Å². The van der Waals surface area contributed by atoms with Gasteiger partial charge in [0.2, 0.25) is 0 Å². The summed E-state index contributed by atoms with van der Waals surface area (Å²) in [6.07, 6.45) is 3.91. The highest BCUT2D eigenvalue weighted by molar-refractivity contribution is 5.67. The third-order valence-electron chi connectivity index (χ3n) is 6.45. The number of nitrogens with zero attached hydrogens (tertiary/aromatic N) is 5. The van der Waals surface area contributed by atoms with Crippen molar-refractivity contribution in [3.63, 3.8) is 0 Å². The van der Waals surface area contributed by atoms with Gasteiger partial charge in [0.15, 0.2) is 5.69 Å². The van der Waals surface area contributed by atoms with Crippen LogP contribution in [0.15, 0.2) is 49.1 Å². The molecule has 176 valence electrons. The van der Waals surface area contributed by atoms with Crippen LogP contribution in [0.2, 0.25) is 0 Å². The Bertz CT molecular complexity index is 1300. The van der Waals surface area contributed by atoms with Crippen molar-refractivity contribution in [3.05, 3.63) is 71.4 Å². The summed E-state index contributed by atoms with van der Waals surface area (Å²) in [6, 6.07) is 9.90. The van der Waals surface area contributed by atoms with E-state index in [4.69, 9.17) is 0 Å². The molecule has 34 heavy (non-hydrogen) atoms. The topological polar surface area (TPSA) is 72.3 Å².